The highest BCUT2D eigenvalue weighted by Gasteiger charge is 2.12. The summed E-state index contributed by atoms with van der Waals surface area (Å²) in [6.07, 6.45) is 3.69. The molecule has 1 saturated heterocycles. The number of nitrogens with zero attached hydrogens (tertiary/aromatic N) is 1. The van der Waals surface area contributed by atoms with E-state index in [2.05, 4.69) is 16.0 Å². The summed E-state index contributed by atoms with van der Waals surface area (Å²) in [6.45, 7) is 3.37. The molecule has 0 radical (unpaired) electrons. The number of carbonyl (C=O) groups excluding carboxylic acids is 1. The number of urea groups is 1. The van der Waals surface area contributed by atoms with E-state index < -0.39 is 0 Å². The predicted molar refractivity (Wildman–Crippen MR) is 65.6 cm³/mol. The van der Waals surface area contributed by atoms with Gasteiger partial charge >= 0.3 is 6.03 Å². The minimum absolute atomic E-state index is 0.0609. The molecule has 1 unspecified atom stereocenters. The van der Waals surface area contributed by atoms with Crippen LogP contribution in [-0.2, 0) is 0 Å². The molecule has 1 heterocycles. The van der Waals surface area contributed by atoms with Crippen LogP contribution in [-0.4, -0.2) is 57.2 Å². The molecule has 0 aliphatic carbocycles. The molecule has 0 aromatic heterocycles. The number of carbonyl (C=O) groups is 1. The maximum atomic E-state index is 11.4. The topological polar surface area (TPSA) is 56.4 Å². The molecule has 16 heavy (non-hydrogen) atoms. The molecular weight excluding hydrogens is 204 g/mol. The molecule has 0 spiro atoms. The van der Waals surface area contributed by atoms with Crippen LogP contribution in [0.2, 0.25) is 0 Å². The highest BCUT2D eigenvalue weighted by Crippen LogP contribution is 2.05. The van der Waals surface area contributed by atoms with Gasteiger partial charge in [-0.3, -0.25) is 0 Å². The number of nitrogens with one attached hydrogen (secondary N) is 3. The van der Waals surface area contributed by atoms with Gasteiger partial charge in [-0.15, -0.1) is 0 Å². The maximum absolute atomic E-state index is 11.4. The lowest BCUT2D eigenvalue weighted by atomic mass is 10.1. The maximum Gasteiger partial charge on any atom is 0.314 e. The van der Waals surface area contributed by atoms with Gasteiger partial charge in [0, 0.05) is 25.7 Å². The van der Waals surface area contributed by atoms with Crippen LogP contribution in [0.15, 0.2) is 0 Å². The molecule has 0 bridgehead atoms. The van der Waals surface area contributed by atoms with Crippen molar-refractivity contribution in [1.29, 1.82) is 0 Å². The lowest BCUT2D eigenvalue weighted by Gasteiger charge is -2.23. The quantitative estimate of drug-likeness (QED) is 0.620. The van der Waals surface area contributed by atoms with Crippen molar-refractivity contribution < 1.29 is 4.79 Å². The predicted octanol–water partition coefficient (Wildman–Crippen LogP) is -0.0107. The summed E-state index contributed by atoms with van der Waals surface area (Å²) in [5, 5.41) is 9.13. The Morgan fingerprint density at radius 3 is 2.81 bits per heavy atom. The zero-order valence-electron chi connectivity index (χ0n) is 10.4. The van der Waals surface area contributed by atoms with Gasteiger partial charge in [-0.25, -0.2) is 4.79 Å². The number of rotatable bonds is 5. The van der Waals surface area contributed by atoms with Crippen LogP contribution in [0.25, 0.3) is 0 Å². The van der Waals surface area contributed by atoms with E-state index in [4.69, 9.17) is 0 Å². The van der Waals surface area contributed by atoms with E-state index in [9.17, 15) is 4.79 Å². The van der Waals surface area contributed by atoms with Crippen molar-refractivity contribution in [3.8, 4) is 0 Å². The highest BCUT2D eigenvalue weighted by molar-refractivity contribution is 5.73. The Hall–Kier alpha value is -0.810. The van der Waals surface area contributed by atoms with Crippen LogP contribution in [0.5, 0.6) is 0 Å². The minimum atomic E-state index is -0.0609. The van der Waals surface area contributed by atoms with Crippen LogP contribution >= 0.6 is 0 Å². The number of hydrogen-bond donors (Lipinski definition) is 3. The van der Waals surface area contributed by atoms with E-state index in [1.165, 1.54) is 12.8 Å². The van der Waals surface area contributed by atoms with Gasteiger partial charge < -0.3 is 20.9 Å². The molecule has 1 aliphatic rings. The Morgan fingerprint density at radius 1 is 1.38 bits per heavy atom. The summed E-state index contributed by atoms with van der Waals surface area (Å²) >= 11 is 0. The zero-order valence-corrected chi connectivity index (χ0v) is 10.4. The lowest BCUT2D eigenvalue weighted by molar-refractivity contribution is 0.237. The Balaban J connectivity index is 2.00. The molecule has 1 fully saturated rings. The second kappa shape index (κ2) is 7.46. The fraction of sp³-hybridized carbons (Fsp3) is 0.909. The Labute approximate surface area is 98.0 Å². The van der Waals surface area contributed by atoms with Gasteiger partial charge in [0.15, 0.2) is 0 Å². The first kappa shape index (κ1) is 13.3. The third-order valence-electron chi connectivity index (χ3n) is 2.77. The molecular formula is C11H24N4O. The Morgan fingerprint density at radius 2 is 2.19 bits per heavy atom. The van der Waals surface area contributed by atoms with Gasteiger partial charge in [-0.05, 0) is 33.5 Å². The van der Waals surface area contributed by atoms with Gasteiger partial charge in [0.2, 0.25) is 0 Å². The van der Waals surface area contributed by atoms with Gasteiger partial charge in [0.1, 0.15) is 0 Å². The van der Waals surface area contributed by atoms with Gasteiger partial charge in [0.05, 0.1) is 0 Å². The molecule has 1 aliphatic heterocycles. The number of piperidine rings is 1. The van der Waals surface area contributed by atoms with Crippen LogP contribution in [0.1, 0.15) is 19.3 Å². The van der Waals surface area contributed by atoms with Crippen molar-refractivity contribution in [3.63, 3.8) is 0 Å². The molecule has 5 nitrogen and oxygen atoms in total. The zero-order chi connectivity index (χ0) is 11.8. The van der Waals surface area contributed by atoms with E-state index in [0.29, 0.717) is 12.6 Å². The van der Waals surface area contributed by atoms with E-state index >= 15 is 0 Å². The molecule has 3 N–H and O–H groups in total. The molecule has 5 heteroatoms. The number of hydrogen-bond acceptors (Lipinski definition) is 3. The smallest absolute Gasteiger partial charge is 0.314 e. The molecule has 1 rings (SSSR count). The van der Waals surface area contributed by atoms with Crippen molar-refractivity contribution in [2.45, 2.75) is 25.3 Å². The van der Waals surface area contributed by atoms with Crippen LogP contribution < -0.4 is 16.0 Å². The molecule has 94 valence electrons. The van der Waals surface area contributed by atoms with Gasteiger partial charge in [0.25, 0.3) is 0 Å². The first-order valence-electron chi connectivity index (χ1n) is 6.08. The lowest BCUT2D eigenvalue weighted by Crippen LogP contribution is -2.47. The van der Waals surface area contributed by atoms with E-state index in [-0.39, 0.29) is 6.03 Å². The Kier molecular flexibility index (Phi) is 6.18. The first-order chi connectivity index (χ1) is 7.68. The van der Waals surface area contributed by atoms with Crippen LogP contribution in [0, 0.1) is 0 Å². The average molecular weight is 228 g/mol. The molecule has 0 aromatic carbocycles. The number of amides is 2. The molecule has 2 amide bonds. The van der Waals surface area contributed by atoms with Crippen molar-refractivity contribution in [3.05, 3.63) is 0 Å². The second-order valence-electron chi connectivity index (χ2n) is 4.59. The highest BCUT2D eigenvalue weighted by atomic mass is 16.2. The van der Waals surface area contributed by atoms with Crippen LogP contribution in [0.3, 0.4) is 0 Å². The Bertz CT molecular complexity index is 202. The fourth-order valence-corrected chi connectivity index (χ4v) is 1.77. The summed E-state index contributed by atoms with van der Waals surface area (Å²) in [5.41, 5.74) is 0. The van der Waals surface area contributed by atoms with Gasteiger partial charge in [-0.1, -0.05) is 6.42 Å². The summed E-state index contributed by atoms with van der Waals surface area (Å²) in [6, 6.07) is 0.391. The van der Waals surface area contributed by atoms with Crippen molar-refractivity contribution in [2.75, 3.05) is 40.3 Å². The summed E-state index contributed by atoms with van der Waals surface area (Å²) < 4.78 is 0. The van der Waals surface area contributed by atoms with Crippen molar-refractivity contribution in [1.82, 2.24) is 20.9 Å². The second-order valence-corrected chi connectivity index (χ2v) is 4.59. The summed E-state index contributed by atoms with van der Waals surface area (Å²) in [4.78, 5) is 13.4. The average Bonchev–Trinajstić information content (AvgIpc) is 2.27. The minimum Gasteiger partial charge on any atom is -0.337 e. The van der Waals surface area contributed by atoms with Gasteiger partial charge in [-0.2, -0.15) is 0 Å². The van der Waals surface area contributed by atoms with Crippen molar-refractivity contribution >= 4 is 6.03 Å². The van der Waals surface area contributed by atoms with E-state index in [1.807, 2.05) is 19.0 Å². The normalized spacial score (nSPS) is 20.8. The third kappa shape index (κ3) is 5.92. The standard InChI is InChI=1S/C11H24N4O/c1-15(2)8-7-13-11(16)14-9-10-5-3-4-6-12-10/h10,12H,3-9H2,1-2H3,(H2,13,14,16). The molecule has 0 saturated carbocycles. The van der Waals surface area contributed by atoms with E-state index in [0.717, 1.165) is 26.1 Å². The first-order valence-corrected chi connectivity index (χ1v) is 6.08. The molecule has 0 aromatic rings. The fourth-order valence-electron chi connectivity index (χ4n) is 1.77. The SMILES string of the molecule is CN(C)CCNC(=O)NCC1CCCCN1. The monoisotopic (exact) mass is 228 g/mol. The summed E-state index contributed by atoms with van der Waals surface area (Å²) in [7, 11) is 3.98. The summed E-state index contributed by atoms with van der Waals surface area (Å²) in [5.74, 6) is 0. The molecule has 1 atom stereocenters. The van der Waals surface area contributed by atoms with E-state index in [1.54, 1.807) is 0 Å². The number of likely N-dealkylation sites (N-methyl/N-ethyl adjacent to an activating group) is 1. The van der Waals surface area contributed by atoms with Crippen LogP contribution in [0.4, 0.5) is 4.79 Å². The largest absolute Gasteiger partial charge is 0.337 e. The third-order valence-corrected chi connectivity index (χ3v) is 2.77. The van der Waals surface area contributed by atoms with Crippen molar-refractivity contribution in [2.24, 2.45) is 0 Å².